The van der Waals surface area contributed by atoms with Crippen molar-refractivity contribution in [2.24, 2.45) is 0 Å². The van der Waals surface area contributed by atoms with Gasteiger partial charge in [0, 0.05) is 12.1 Å². The molecule has 2 aromatic carbocycles. The molecular weight excluding hydrogens is 460 g/mol. The van der Waals surface area contributed by atoms with Gasteiger partial charge in [-0.05, 0) is 49.9 Å². The highest BCUT2D eigenvalue weighted by Gasteiger charge is 2.05. The second kappa shape index (κ2) is 12.5. The summed E-state index contributed by atoms with van der Waals surface area (Å²) in [7, 11) is -7.88. The second-order valence-corrected chi connectivity index (χ2v) is 10.1. The number of unbranched alkanes of at least 4 members (excludes halogenated alkanes) is 2. The van der Waals surface area contributed by atoms with E-state index in [9.17, 15) is 16.8 Å². The highest BCUT2D eigenvalue weighted by molar-refractivity contribution is 7.86. The number of hydrazine groups is 1. The van der Waals surface area contributed by atoms with Crippen LogP contribution in [-0.4, -0.2) is 50.7 Å². The minimum atomic E-state index is -3.94. The number of hydrogen-bond acceptors (Lipinski definition) is 8. The molecule has 4 N–H and O–H groups in total. The first-order valence-electron chi connectivity index (χ1n) is 9.99. The molecule has 0 aliphatic heterocycles. The fourth-order valence-electron chi connectivity index (χ4n) is 2.62. The minimum Gasteiger partial charge on any atom is -0.494 e. The van der Waals surface area contributed by atoms with Crippen LogP contribution in [0.2, 0.25) is 0 Å². The van der Waals surface area contributed by atoms with Crippen LogP contribution in [0.15, 0.2) is 48.5 Å². The smallest absolute Gasteiger partial charge is 0.264 e. The van der Waals surface area contributed by atoms with Gasteiger partial charge < -0.3 is 20.3 Å². The van der Waals surface area contributed by atoms with E-state index < -0.39 is 20.2 Å². The van der Waals surface area contributed by atoms with E-state index >= 15 is 0 Å². The lowest BCUT2D eigenvalue weighted by Crippen LogP contribution is -2.09. The van der Waals surface area contributed by atoms with Crippen molar-refractivity contribution >= 4 is 31.6 Å². The summed E-state index contributed by atoms with van der Waals surface area (Å²) in [4.78, 5) is 0. The SMILES string of the molecule is O=S(=O)(O)CCCCOc1cccc(NNc2cccc(OCCCCS(=O)(=O)O)c2)c1. The Morgan fingerprint density at radius 1 is 0.656 bits per heavy atom. The van der Waals surface area contributed by atoms with E-state index in [4.69, 9.17) is 18.6 Å². The van der Waals surface area contributed by atoms with E-state index in [0.717, 1.165) is 11.4 Å². The minimum absolute atomic E-state index is 0.283. The fraction of sp³-hybridized carbons (Fsp3) is 0.400. The third-order valence-corrected chi connectivity index (χ3v) is 5.76. The molecule has 2 aromatic rings. The summed E-state index contributed by atoms with van der Waals surface area (Å²) < 4.78 is 71.4. The van der Waals surface area contributed by atoms with Crippen molar-refractivity contribution in [3.63, 3.8) is 0 Å². The average molecular weight is 489 g/mol. The Balaban J connectivity index is 1.75. The number of benzene rings is 2. The van der Waals surface area contributed by atoms with E-state index in [1.807, 2.05) is 24.3 Å². The Kier molecular flexibility index (Phi) is 10.0. The second-order valence-electron chi connectivity index (χ2n) is 6.99. The van der Waals surface area contributed by atoms with Gasteiger partial charge in [0.2, 0.25) is 0 Å². The largest absolute Gasteiger partial charge is 0.494 e. The summed E-state index contributed by atoms with van der Waals surface area (Å²) in [5.41, 5.74) is 7.60. The predicted molar refractivity (Wildman–Crippen MR) is 122 cm³/mol. The van der Waals surface area contributed by atoms with Gasteiger partial charge in [0.15, 0.2) is 0 Å². The molecule has 0 unspecified atom stereocenters. The maximum absolute atomic E-state index is 10.7. The first kappa shape index (κ1) is 25.7. The number of ether oxygens (including phenoxy) is 2. The van der Waals surface area contributed by atoms with E-state index in [-0.39, 0.29) is 11.5 Å². The van der Waals surface area contributed by atoms with Gasteiger partial charge in [0.25, 0.3) is 20.2 Å². The van der Waals surface area contributed by atoms with Crippen molar-refractivity contribution in [2.75, 3.05) is 35.6 Å². The Labute approximate surface area is 188 Å². The van der Waals surface area contributed by atoms with Gasteiger partial charge in [-0.2, -0.15) is 16.8 Å². The van der Waals surface area contributed by atoms with Gasteiger partial charge >= 0.3 is 0 Å². The lowest BCUT2D eigenvalue weighted by atomic mass is 10.3. The van der Waals surface area contributed by atoms with Crippen LogP contribution >= 0.6 is 0 Å². The highest BCUT2D eigenvalue weighted by atomic mass is 32.2. The molecule has 0 spiro atoms. The summed E-state index contributed by atoms with van der Waals surface area (Å²) in [6, 6.07) is 14.4. The number of hydrogen-bond donors (Lipinski definition) is 4. The lowest BCUT2D eigenvalue weighted by Gasteiger charge is -2.13. The van der Waals surface area contributed by atoms with Crippen LogP contribution in [0.25, 0.3) is 0 Å². The van der Waals surface area contributed by atoms with E-state index in [0.29, 0.717) is 50.4 Å². The van der Waals surface area contributed by atoms with Crippen molar-refractivity contribution in [2.45, 2.75) is 25.7 Å². The normalized spacial score (nSPS) is 11.7. The Morgan fingerprint density at radius 3 is 1.44 bits per heavy atom. The molecule has 2 rings (SSSR count). The van der Waals surface area contributed by atoms with Gasteiger partial charge in [0.1, 0.15) is 11.5 Å². The molecule has 0 aromatic heterocycles. The van der Waals surface area contributed by atoms with Crippen LogP contribution < -0.4 is 20.3 Å². The molecule has 0 atom stereocenters. The summed E-state index contributed by atoms with van der Waals surface area (Å²) in [5, 5.41) is 0. The summed E-state index contributed by atoms with van der Waals surface area (Å²) in [6.07, 6.45) is 1.63. The summed E-state index contributed by atoms with van der Waals surface area (Å²) >= 11 is 0. The third-order valence-electron chi connectivity index (χ3n) is 4.15. The van der Waals surface area contributed by atoms with Crippen LogP contribution in [-0.2, 0) is 20.2 Å². The molecule has 0 bridgehead atoms. The quantitative estimate of drug-likeness (QED) is 0.167. The predicted octanol–water partition coefficient (Wildman–Crippen LogP) is 3.22. The first-order chi connectivity index (χ1) is 15.1. The average Bonchev–Trinajstić information content (AvgIpc) is 2.71. The lowest BCUT2D eigenvalue weighted by molar-refractivity contribution is 0.309. The molecule has 0 amide bonds. The Morgan fingerprint density at radius 2 is 1.06 bits per heavy atom. The number of anilines is 2. The van der Waals surface area contributed by atoms with Crippen molar-refractivity contribution in [1.29, 1.82) is 0 Å². The van der Waals surface area contributed by atoms with Crippen LogP contribution in [0.1, 0.15) is 25.7 Å². The maximum atomic E-state index is 10.7. The molecule has 32 heavy (non-hydrogen) atoms. The van der Waals surface area contributed by atoms with Crippen molar-refractivity contribution in [3.8, 4) is 11.5 Å². The topological polar surface area (TPSA) is 151 Å². The zero-order valence-electron chi connectivity index (χ0n) is 17.4. The van der Waals surface area contributed by atoms with Crippen LogP contribution in [0.3, 0.4) is 0 Å². The molecule has 0 aliphatic rings. The van der Waals surface area contributed by atoms with Crippen LogP contribution in [0, 0.1) is 0 Å². The Bertz CT molecular complexity index is 973. The monoisotopic (exact) mass is 488 g/mol. The first-order valence-corrected chi connectivity index (χ1v) is 13.2. The zero-order chi connectivity index (χ0) is 23.5. The van der Waals surface area contributed by atoms with Crippen LogP contribution in [0.5, 0.6) is 11.5 Å². The molecule has 10 nitrogen and oxygen atoms in total. The number of rotatable bonds is 15. The van der Waals surface area contributed by atoms with E-state index in [1.165, 1.54) is 0 Å². The van der Waals surface area contributed by atoms with Gasteiger partial charge in [-0.3, -0.25) is 9.11 Å². The fourth-order valence-corrected chi connectivity index (χ4v) is 3.76. The Hall–Kier alpha value is -2.54. The third kappa shape index (κ3) is 11.7. The number of nitrogens with one attached hydrogen (secondary N) is 2. The molecule has 0 aliphatic carbocycles. The standard InChI is InChI=1S/C20H28N2O8S2/c23-31(24,25)13-3-1-11-29-19-9-5-7-17(15-19)21-22-18-8-6-10-20(16-18)30-12-2-4-14-32(26,27)28/h5-10,15-16,21-22H,1-4,11-14H2,(H,23,24,25)(H,26,27,28). The highest BCUT2D eigenvalue weighted by Crippen LogP contribution is 2.20. The summed E-state index contributed by atoms with van der Waals surface area (Å²) in [5.74, 6) is 0.668. The molecule has 12 heteroatoms. The van der Waals surface area contributed by atoms with Crippen molar-refractivity contribution < 1.29 is 35.4 Å². The van der Waals surface area contributed by atoms with Crippen molar-refractivity contribution in [3.05, 3.63) is 48.5 Å². The molecule has 0 heterocycles. The zero-order valence-corrected chi connectivity index (χ0v) is 19.1. The molecule has 0 fully saturated rings. The molecule has 0 radical (unpaired) electrons. The van der Waals surface area contributed by atoms with Gasteiger partial charge in [-0.1, -0.05) is 12.1 Å². The van der Waals surface area contributed by atoms with Crippen LogP contribution in [0.4, 0.5) is 11.4 Å². The van der Waals surface area contributed by atoms with E-state index in [1.54, 1.807) is 24.3 Å². The molecule has 0 saturated heterocycles. The molecule has 178 valence electrons. The van der Waals surface area contributed by atoms with Gasteiger partial charge in [-0.25, -0.2) is 0 Å². The molecular formula is C20H28N2O8S2. The maximum Gasteiger partial charge on any atom is 0.264 e. The van der Waals surface area contributed by atoms with Gasteiger partial charge in [0.05, 0.1) is 36.1 Å². The summed E-state index contributed by atoms with van der Waals surface area (Å²) in [6.45, 7) is 0.659. The van der Waals surface area contributed by atoms with E-state index in [2.05, 4.69) is 10.9 Å². The van der Waals surface area contributed by atoms with Crippen molar-refractivity contribution in [1.82, 2.24) is 0 Å². The molecule has 0 saturated carbocycles. The van der Waals surface area contributed by atoms with Gasteiger partial charge in [-0.15, -0.1) is 0 Å².